The standard InChI is InChI=1S/C11H11N7/c1-2-4-10-9(3-1)14-11(16-15-10)12-5-7-18-8-6-13-17-18/h1-4,6,8H,5,7H2,(H,12,14,16). The number of rotatable bonds is 4. The van der Waals surface area contributed by atoms with E-state index in [0.717, 1.165) is 11.0 Å². The van der Waals surface area contributed by atoms with E-state index in [1.54, 1.807) is 17.1 Å². The maximum atomic E-state index is 4.36. The average molecular weight is 241 g/mol. The van der Waals surface area contributed by atoms with Crippen LogP contribution in [0.3, 0.4) is 0 Å². The summed E-state index contributed by atoms with van der Waals surface area (Å²) in [7, 11) is 0. The highest BCUT2D eigenvalue weighted by atomic mass is 15.4. The summed E-state index contributed by atoms with van der Waals surface area (Å²) in [5, 5.41) is 18.8. The zero-order valence-electron chi connectivity index (χ0n) is 9.56. The molecule has 1 N–H and O–H groups in total. The van der Waals surface area contributed by atoms with Crippen molar-refractivity contribution in [2.45, 2.75) is 6.54 Å². The fourth-order valence-electron chi connectivity index (χ4n) is 1.59. The van der Waals surface area contributed by atoms with Crippen LogP contribution in [0.25, 0.3) is 11.0 Å². The fraction of sp³-hybridized carbons (Fsp3) is 0.182. The molecule has 3 rings (SSSR count). The minimum atomic E-state index is 0.522. The summed E-state index contributed by atoms with van der Waals surface area (Å²) in [5.74, 6) is 0.522. The first-order valence-electron chi connectivity index (χ1n) is 5.59. The van der Waals surface area contributed by atoms with E-state index < -0.39 is 0 Å². The number of anilines is 1. The molecule has 7 heteroatoms. The lowest BCUT2D eigenvalue weighted by Crippen LogP contribution is -2.13. The Balaban J connectivity index is 1.67. The summed E-state index contributed by atoms with van der Waals surface area (Å²) in [6.45, 7) is 1.37. The highest BCUT2D eigenvalue weighted by Gasteiger charge is 2.00. The average Bonchev–Trinajstić information content (AvgIpc) is 2.92. The first-order chi connectivity index (χ1) is 8.92. The van der Waals surface area contributed by atoms with Crippen LogP contribution in [0.2, 0.25) is 0 Å². The van der Waals surface area contributed by atoms with Gasteiger partial charge in [0, 0.05) is 12.7 Å². The van der Waals surface area contributed by atoms with Gasteiger partial charge < -0.3 is 5.32 Å². The molecule has 3 aromatic rings. The largest absolute Gasteiger partial charge is 0.351 e. The Kier molecular flexibility index (Phi) is 2.79. The van der Waals surface area contributed by atoms with Gasteiger partial charge in [0.2, 0.25) is 5.95 Å². The van der Waals surface area contributed by atoms with E-state index in [1.165, 1.54) is 0 Å². The van der Waals surface area contributed by atoms with E-state index in [4.69, 9.17) is 0 Å². The van der Waals surface area contributed by atoms with Crippen LogP contribution < -0.4 is 5.32 Å². The monoisotopic (exact) mass is 241 g/mol. The molecule has 7 nitrogen and oxygen atoms in total. The third kappa shape index (κ3) is 2.24. The Morgan fingerprint density at radius 2 is 2.00 bits per heavy atom. The van der Waals surface area contributed by atoms with Crippen molar-refractivity contribution < 1.29 is 0 Å². The van der Waals surface area contributed by atoms with Gasteiger partial charge in [-0.2, -0.15) is 0 Å². The SMILES string of the molecule is c1ccc2nc(NCCn3ccnn3)nnc2c1. The second-order valence-corrected chi connectivity index (χ2v) is 3.72. The van der Waals surface area contributed by atoms with Crippen molar-refractivity contribution in [3.8, 4) is 0 Å². The number of nitrogens with one attached hydrogen (secondary N) is 1. The molecule has 0 spiro atoms. The normalized spacial score (nSPS) is 10.7. The molecule has 1 aromatic carbocycles. The third-order valence-electron chi connectivity index (χ3n) is 2.46. The molecule has 0 amide bonds. The van der Waals surface area contributed by atoms with Gasteiger partial charge in [0.1, 0.15) is 5.52 Å². The van der Waals surface area contributed by atoms with Crippen LogP contribution in [0.15, 0.2) is 36.7 Å². The topological polar surface area (TPSA) is 81.4 Å². The molecule has 0 atom stereocenters. The van der Waals surface area contributed by atoms with Gasteiger partial charge in [0.15, 0.2) is 0 Å². The number of aromatic nitrogens is 6. The van der Waals surface area contributed by atoms with Crippen molar-refractivity contribution in [3.05, 3.63) is 36.7 Å². The number of nitrogens with zero attached hydrogens (tertiary/aromatic N) is 6. The lowest BCUT2D eigenvalue weighted by Gasteiger charge is -2.04. The van der Waals surface area contributed by atoms with Gasteiger partial charge in [0.25, 0.3) is 0 Å². The van der Waals surface area contributed by atoms with Crippen LogP contribution in [-0.4, -0.2) is 36.7 Å². The molecular weight excluding hydrogens is 230 g/mol. The fourth-order valence-corrected chi connectivity index (χ4v) is 1.59. The van der Waals surface area contributed by atoms with Crippen LogP contribution in [0.1, 0.15) is 0 Å². The molecule has 0 saturated heterocycles. The van der Waals surface area contributed by atoms with Crippen LogP contribution in [0.5, 0.6) is 0 Å². The van der Waals surface area contributed by atoms with Crippen molar-refractivity contribution in [2.24, 2.45) is 0 Å². The lowest BCUT2D eigenvalue weighted by atomic mass is 10.3. The van der Waals surface area contributed by atoms with Gasteiger partial charge in [-0.1, -0.05) is 17.3 Å². The maximum Gasteiger partial charge on any atom is 0.243 e. The summed E-state index contributed by atoms with van der Waals surface area (Å²) in [6.07, 6.45) is 3.45. The van der Waals surface area contributed by atoms with Crippen molar-refractivity contribution >= 4 is 17.0 Å². The van der Waals surface area contributed by atoms with Gasteiger partial charge in [-0.25, -0.2) is 4.98 Å². The van der Waals surface area contributed by atoms with Crippen molar-refractivity contribution in [1.82, 2.24) is 30.2 Å². The summed E-state index contributed by atoms with van der Waals surface area (Å²) >= 11 is 0. The van der Waals surface area contributed by atoms with E-state index in [0.29, 0.717) is 19.0 Å². The van der Waals surface area contributed by atoms with Gasteiger partial charge >= 0.3 is 0 Å². The van der Waals surface area contributed by atoms with E-state index in [1.807, 2.05) is 24.3 Å². The Labute approximate surface area is 103 Å². The maximum absolute atomic E-state index is 4.36. The smallest absolute Gasteiger partial charge is 0.243 e. The molecule has 0 radical (unpaired) electrons. The summed E-state index contributed by atoms with van der Waals surface area (Å²) in [5.41, 5.74) is 1.62. The Morgan fingerprint density at radius 3 is 2.83 bits per heavy atom. The molecule has 0 aliphatic rings. The second-order valence-electron chi connectivity index (χ2n) is 3.72. The molecule has 0 aliphatic carbocycles. The number of hydrogen-bond acceptors (Lipinski definition) is 6. The Bertz CT molecular complexity index is 635. The van der Waals surface area contributed by atoms with E-state index in [9.17, 15) is 0 Å². The van der Waals surface area contributed by atoms with Crippen LogP contribution in [0, 0.1) is 0 Å². The predicted octanol–water partition coefficient (Wildman–Crippen LogP) is 0.728. The molecule has 0 bridgehead atoms. The molecule has 90 valence electrons. The van der Waals surface area contributed by atoms with Crippen molar-refractivity contribution in [2.75, 3.05) is 11.9 Å². The zero-order chi connectivity index (χ0) is 12.2. The number of hydrogen-bond donors (Lipinski definition) is 1. The molecule has 2 heterocycles. The third-order valence-corrected chi connectivity index (χ3v) is 2.46. The predicted molar refractivity (Wildman–Crippen MR) is 65.8 cm³/mol. The van der Waals surface area contributed by atoms with Gasteiger partial charge in [-0.3, -0.25) is 4.68 Å². The minimum Gasteiger partial charge on any atom is -0.351 e. The highest BCUT2D eigenvalue weighted by molar-refractivity contribution is 5.73. The molecule has 0 unspecified atom stereocenters. The molecule has 0 saturated carbocycles. The summed E-state index contributed by atoms with van der Waals surface area (Å²) in [6, 6.07) is 7.63. The highest BCUT2D eigenvalue weighted by Crippen LogP contribution is 2.08. The van der Waals surface area contributed by atoms with Gasteiger partial charge in [-0.15, -0.1) is 15.3 Å². The van der Waals surface area contributed by atoms with E-state index in [2.05, 4.69) is 30.8 Å². The second kappa shape index (κ2) is 4.74. The minimum absolute atomic E-state index is 0.522. The van der Waals surface area contributed by atoms with Gasteiger partial charge in [0.05, 0.1) is 18.3 Å². The first-order valence-corrected chi connectivity index (χ1v) is 5.59. The van der Waals surface area contributed by atoms with Gasteiger partial charge in [-0.05, 0) is 12.1 Å². The molecular formula is C11H11N7. The number of benzene rings is 1. The van der Waals surface area contributed by atoms with Crippen molar-refractivity contribution in [3.63, 3.8) is 0 Å². The van der Waals surface area contributed by atoms with E-state index in [-0.39, 0.29) is 0 Å². The summed E-state index contributed by atoms with van der Waals surface area (Å²) in [4.78, 5) is 4.36. The first kappa shape index (κ1) is 10.6. The summed E-state index contributed by atoms with van der Waals surface area (Å²) < 4.78 is 1.74. The van der Waals surface area contributed by atoms with Crippen LogP contribution >= 0.6 is 0 Å². The number of fused-ring (bicyclic) bond motifs is 1. The molecule has 18 heavy (non-hydrogen) atoms. The number of para-hydroxylation sites is 1. The Hall–Kier alpha value is -2.57. The van der Waals surface area contributed by atoms with Crippen LogP contribution in [0.4, 0.5) is 5.95 Å². The van der Waals surface area contributed by atoms with Crippen molar-refractivity contribution in [1.29, 1.82) is 0 Å². The molecule has 2 aromatic heterocycles. The quantitative estimate of drug-likeness (QED) is 0.725. The molecule has 0 fully saturated rings. The molecule has 0 aliphatic heterocycles. The van der Waals surface area contributed by atoms with E-state index >= 15 is 0 Å². The zero-order valence-corrected chi connectivity index (χ0v) is 9.56. The van der Waals surface area contributed by atoms with Crippen LogP contribution in [-0.2, 0) is 6.54 Å². The Morgan fingerprint density at radius 1 is 1.11 bits per heavy atom. The lowest BCUT2D eigenvalue weighted by molar-refractivity contribution is 0.607.